The highest BCUT2D eigenvalue weighted by molar-refractivity contribution is 7.15. The molecule has 1 aromatic carbocycles. The van der Waals surface area contributed by atoms with Crippen LogP contribution in [0, 0.1) is 5.41 Å². The zero-order chi connectivity index (χ0) is 19.3. The standard InChI is InChI=1S/C20H21ClN4O2S/c21-13-11-28-18-16(13)17(22-14-3-1-2-4-15(14)23-18)25-9-7-24(8-10-25)12-20(5-6-20)19(26)27/h1-4,11,23H,5-10,12H2,(H,26,27). The van der Waals surface area contributed by atoms with E-state index in [2.05, 4.69) is 15.1 Å². The number of aliphatic imine (C=N–C) groups is 1. The van der Waals surface area contributed by atoms with Crippen molar-refractivity contribution in [2.75, 3.05) is 38.0 Å². The molecule has 0 bridgehead atoms. The Kier molecular flexibility index (Phi) is 4.34. The largest absolute Gasteiger partial charge is 0.481 e. The van der Waals surface area contributed by atoms with Gasteiger partial charge in [-0.3, -0.25) is 9.69 Å². The predicted molar refractivity (Wildman–Crippen MR) is 113 cm³/mol. The minimum absolute atomic E-state index is 0.505. The van der Waals surface area contributed by atoms with Crippen LogP contribution in [-0.2, 0) is 4.79 Å². The summed E-state index contributed by atoms with van der Waals surface area (Å²) < 4.78 is 0. The smallest absolute Gasteiger partial charge is 0.310 e. The lowest BCUT2D eigenvalue weighted by molar-refractivity contribution is -0.144. The zero-order valence-electron chi connectivity index (χ0n) is 15.3. The number of para-hydroxylation sites is 2. The maximum atomic E-state index is 11.5. The van der Waals surface area contributed by atoms with Gasteiger partial charge in [-0.05, 0) is 25.0 Å². The van der Waals surface area contributed by atoms with E-state index in [0.29, 0.717) is 11.6 Å². The van der Waals surface area contributed by atoms with Gasteiger partial charge in [-0.1, -0.05) is 23.7 Å². The first-order chi connectivity index (χ1) is 13.6. The number of halogens is 1. The summed E-state index contributed by atoms with van der Waals surface area (Å²) in [6, 6.07) is 8.02. The zero-order valence-corrected chi connectivity index (χ0v) is 16.9. The van der Waals surface area contributed by atoms with Crippen molar-refractivity contribution >= 4 is 51.1 Å². The summed E-state index contributed by atoms with van der Waals surface area (Å²) in [4.78, 5) is 21.0. The number of carboxylic acids is 1. The number of carbonyl (C=O) groups is 1. The molecule has 1 saturated carbocycles. The molecule has 5 rings (SSSR count). The number of carboxylic acid groups (broad SMARTS) is 1. The Morgan fingerprint density at radius 2 is 2.00 bits per heavy atom. The summed E-state index contributed by atoms with van der Waals surface area (Å²) in [6.45, 7) is 3.93. The van der Waals surface area contributed by atoms with E-state index in [1.165, 1.54) is 0 Å². The molecule has 146 valence electrons. The number of hydrogen-bond acceptors (Lipinski definition) is 6. The molecule has 0 atom stereocenters. The number of aliphatic carboxylic acids is 1. The van der Waals surface area contributed by atoms with Crippen LogP contribution in [0.5, 0.6) is 0 Å². The van der Waals surface area contributed by atoms with Crippen molar-refractivity contribution in [3.05, 3.63) is 40.2 Å². The first-order valence-electron chi connectivity index (χ1n) is 9.49. The summed E-state index contributed by atoms with van der Waals surface area (Å²) in [7, 11) is 0. The lowest BCUT2D eigenvalue weighted by Crippen LogP contribution is -2.50. The van der Waals surface area contributed by atoms with Crippen molar-refractivity contribution in [1.29, 1.82) is 0 Å². The van der Waals surface area contributed by atoms with Gasteiger partial charge >= 0.3 is 5.97 Å². The fraction of sp³-hybridized carbons (Fsp3) is 0.400. The summed E-state index contributed by atoms with van der Waals surface area (Å²) in [6.07, 6.45) is 1.59. The third-order valence-electron chi connectivity index (χ3n) is 5.85. The Bertz CT molecular complexity index is 961. The van der Waals surface area contributed by atoms with Crippen LogP contribution < -0.4 is 5.32 Å². The van der Waals surface area contributed by atoms with E-state index in [0.717, 1.165) is 66.8 Å². The molecule has 1 aliphatic carbocycles. The number of hydrogen-bond donors (Lipinski definition) is 2. The van der Waals surface area contributed by atoms with Crippen molar-refractivity contribution in [1.82, 2.24) is 9.80 Å². The van der Waals surface area contributed by atoms with Gasteiger partial charge in [0.2, 0.25) is 0 Å². The summed E-state index contributed by atoms with van der Waals surface area (Å²) in [5.74, 6) is 0.248. The Morgan fingerprint density at radius 1 is 1.25 bits per heavy atom. The molecule has 3 heterocycles. The first kappa shape index (κ1) is 18.0. The molecule has 2 aliphatic heterocycles. The van der Waals surface area contributed by atoms with Crippen LogP contribution in [0.3, 0.4) is 0 Å². The van der Waals surface area contributed by atoms with E-state index >= 15 is 0 Å². The van der Waals surface area contributed by atoms with Crippen molar-refractivity contribution < 1.29 is 9.90 Å². The first-order valence-corrected chi connectivity index (χ1v) is 10.7. The van der Waals surface area contributed by atoms with Gasteiger partial charge in [-0.15, -0.1) is 11.3 Å². The molecule has 28 heavy (non-hydrogen) atoms. The fourth-order valence-corrected chi connectivity index (χ4v) is 5.17. The van der Waals surface area contributed by atoms with Crippen LogP contribution in [0.15, 0.2) is 34.6 Å². The van der Waals surface area contributed by atoms with Gasteiger partial charge in [0.05, 0.1) is 27.4 Å². The maximum Gasteiger partial charge on any atom is 0.310 e. The maximum absolute atomic E-state index is 11.5. The van der Waals surface area contributed by atoms with E-state index in [4.69, 9.17) is 16.6 Å². The Balaban J connectivity index is 1.39. The third-order valence-corrected chi connectivity index (χ3v) is 7.18. The van der Waals surface area contributed by atoms with E-state index in [-0.39, 0.29) is 0 Å². The number of fused-ring (bicyclic) bond motifs is 2. The Labute approximate surface area is 172 Å². The molecule has 8 heteroatoms. The van der Waals surface area contributed by atoms with Gasteiger partial charge in [0.15, 0.2) is 0 Å². The van der Waals surface area contributed by atoms with Gasteiger partial charge < -0.3 is 15.3 Å². The normalized spacial score (nSPS) is 20.5. The fourth-order valence-electron chi connectivity index (χ4n) is 3.97. The minimum Gasteiger partial charge on any atom is -0.481 e. The number of benzene rings is 1. The molecule has 0 amide bonds. The second-order valence-electron chi connectivity index (χ2n) is 7.71. The molecule has 0 radical (unpaired) electrons. The number of anilines is 2. The van der Waals surface area contributed by atoms with Crippen LogP contribution in [0.4, 0.5) is 16.4 Å². The summed E-state index contributed by atoms with van der Waals surface area (Å²) in [5, 5.41) is 16.6. The molecule has 6 nitrogen and oxygen atoms in total. The van der Waals surface area contributed by atoms with Crippen LogP contribution >= 0.6 is 22.9 Å². The molecule has 2 fully saturated rings. The van der Waals surface area contributed by atoms with Gasteiger partial charge in [-0.25, -0.2) is 4.99 Å². The highest BCUT2D eigenvalue weighted by Crippen LogP contribution is 2.47. The second kappa shape index (κ2) is 6.76. The molecular formula is C20H21ClN4O2S. The predicted octanol–water partition coefficient (Wildman–Crippen LogP) is 4.02. The van der Waals surface area contributed by atoms with Crippen LogP contribution in [0.2, 0.25) is 5.02 Å². The molecular weight excluding hydrogens is 396 g/mol. The number of amidine groups is 1. The summed E-state index contributed by atoms with van der Waals surface area (Å²) in [5.41, 5.74) is 2.34. The number of rotatable bonds is 3. The van der Waals surface area contributed by atoms with Gasteiger partial charge in [0.25, 0.3) is 0 Å². The molecule has 3 aliphatic rings. The van der Waals surface area contributed by atoms with Crippen molar-refractivity contribution in [3.63, 3.8) is 0 Å². The van der Waals surface area contributed by atoms with Gasteiger partial charge in [0, 0.05) is 38.1 Å². The highest BCUT2D eigenvalue weighted by atomic mass is 35.5. The average molecular weight is 417 g/mol. The number of nitrogens with zero attached hydrogens (tertiary/aromatic N) is 3. The number of thiophene rings is 1. The van der Waals surface area contributed by atoms with Crippen LogP contribution in [-0.4, -0.2) is 59.4 Å². The van der Waals surface area contributed by atoms with Gasteiger partial charge in [0.1, 0.15) is 10.8 Å². The van der Waals surface area contributed by atoms with E-state index in [1.807, 2.05) is 29.6 Å². The highest BCUT2D eigenvalue weighted by Gasteiger charge is 2.51. The monoisotopic (exact) mass is 416 g/mol. The lowest BCUT2D eigenvalue weighted by atomic mass is 10.1. The molecule has 2 aromatic rings. The van der Waals surface area contributed by atoms with E-state index in [1.54, 1.807) is 11.3 Å². The third kappa shape index (κ3) is 3.07. The van der Waals surface area contributed by atoms with Crippen LogP contribution in [0.25, 0.3) is 0 Å². The Morgan fingerprint density at radius 3 is 2.71 bits per heavy atom. The van der Waals surface area contributed by atoms with E-state index in [9.17, 15) is 9.90 Å². The molecule has 1 aromatic heterocycles. The minimum atomic E-state index is -0.652. The van der Waals surface area contributed by atoms with Crippen molar-refractivity contribution in [3.8, 4) is 0 Å². The SMILES string of the molecule is O=C(O)C1(CN2CCN(C3=Nc4ccccc4Nc4scc(Cl)c43)CC2)CC1. The van der Waals surface area contributed by atoms with Crippen molar-refractivity contribution in [2.24, 2.45) is 10.4 Å². The summed E-state index contributed by atoms with van der Waals surface area (Å²) >= 11 is 8.12. The second-order valence-corrected chi connectivity index (χ2v) is 9.00. The topological polar surface area (TPSA) is 68.2 Å². The molecule has 1 saturated heterocycles. The quantitative estimate of drug-likeness (QED) is 0.790. The lowest BCUT2D eigenvalue weighted by Gasteiger charge is -2.37. The average Bonchev–Trinajstić information content (AvgIpc) is 3.42. The Hall–Kier alpha value is -2.09. The van der Waals surface area contributed by atoms with Crippen LogP contribution in [0.1, 0.15) is 18.4 Å². The van der Waals surface area contributed by atoms with E-state index < -0.39 is 11.4 Å². The number of nitrogens with one attached hydrogen (secondary N) is 1. The molecule has 0 unspecified atom stereocenters. The molecule has 2 N–H and O–H groups in total. The van der Waals surface area contributed by atoms with Gasteiger partial charge in [-0.2, -0.15) is 0 Å². The number of piperazine rings is 1. The molecule has 0 spiro atoms. The van der Waals surface area contributed by atoms with Crippen molar-refractivity contribution in [2.45, 2.75) is 12.8 Å².